The first-order valence-corrected chi connectivity index (χ1v) is 9.69. The molecule has 0 aromatic heterocycles. The van der Waals surface area contributed by atoms with Gasteiger partial charge in [0.1, 0.15) is 0 Å². The summed E-state index contributed by atoms with van der Waals surface area (Å²) in [5, 5.41) is -0.0553. The molecule has 0 rings (SSSR count). The lowest BCUT2D eigenvalue weighted by Crippen LogP contribution is -1.95. The third-order valence-corrected chi connectivity index (χ3v) is 4.46. The Morgan fingerprint density at radius 3 is 1.43 bits per heavy atom. The average molecular weight is 315 g/mol. The topological polar surface area (TPSA) is 34.1 Å². The molecule has 0 saturated carbocycles. The maximum Gasteiger partial charge on any atom is 0.196 e. The van der Waals surface area contributed by atoms with Gasteiger partial charge in [-0.15, -0.1) is 0 Å². The highest BCUT2D eigenvalue weighted by Gasteiger charge is 2.05. The molecule has 0 N–H and O–H groups in total. The van der Waals surface area contributed by atoms with Gasteiger partial charge in [0.2, 0.25) is 0 Å². The van der Waals surface area contributed by atoms with Crippen LogP contribution < -0.4 is 0 Å². The van der Waals surface area contributed by atoms with E-state index in [1.807, 2.05) is 0 Å². The van der Waals surface area contributed by atoms with Gasteiger partial charge in [-0.25, -0.2) is 0 Å². The van der Waals surface area contributed by atoms with Crippen molar-refractivity contribution in [1.29, 1.82) is 0 Å². The Kier molecular flexibility index (Phi) is 15.8. The maximum absolute atomic E-state index is 11.3. The van der Waals surface area contributed by atoms with Gasteiger partial charge in [0.25, 0.3) is 0 Å². The van der Waals surface area contributed by atoms with Crippen LogP contribution in [0.5, 0.6) is 0 Å². The first kappa shape index (κ1) is 20.7. The molecule has 0 saturated heterocycles. The lowest BCUT2D eigenvalue weighted by Gasteiger charge is -2.02. The molecule has 0 bridgehead atoms. The Morgan fingerprint density at radius 1 is 0.667 bits per heavy atom. The minimum atomic E-state index is -0.0882. The molecule has 0 radical (unpaired) electrons. The van der Waals surface area contributed by atoms with Crippen LogP contribution in [0.3, 0.4) is 0 Å². The molecule has 3 heteroatoms. The first-order chi connectivity index (χ1) is 10.2. The van der Waals surface area contributed by atoms with Crippen molar-refractivity contribution in [3.05, 3.63) is 0 Å². The van der Waals surface area contributed by atoms with Gasteiger partial charge < -0.3 is 0 Å². The number of carbonyl (C=O) groups is 2. The fraction of sp³-hybridized carbons (Fsp3) is 0.889. The van der Waals surface area contributed by atoms with Crippen molar-refractivity contribution in [2.24, 2.45) is 0 Å². The summed E-state index contributed by atoms with van der Waals surface area (Å²) in [4.78, 5) is 22.0. The van der Waals surface area contributed by atoms with Crippen LogP contribution >= 0.6 is 11.8 Å². The van der Waals surface area contributed by atoms with Gasteiger partial charge in [-0.2, -0.15) is 0 Å². The van der Waals surface area contributed by atoms with E-state index >= 15 is 0 Å². The second kappa shape index (κ2) is 16.1. The Bertz CT molecular complexity index is 264. The van der Waals surface area contributed by atoms with Crippen LogP contribution in [-0.4, -0.2) is 10.2 Å². The van der Waals surface area contributed by atoms with E-state index in [0.717, 1.165) is 24.6 Å². The Hall–Kier alpha value is -0.310. The van der Waals surface area contributed by atoms with Crippen molar-refractivity contribution in [1.82, 2.24) is 0 Å². The van der Waals surface area contributed by atoms with Crippen LogP contribution in [0.2, 0.25) is 0 Å². The van der Waals surface area contributed by atoms with Crippen LogP contribution in [0.1, 0.15) is 104 Å². The summed E-state index contributed by atoms with van der Waals surface area (Å²) in [5.41, 5.74) is 0. The predicted molar refractivity (Wildman–Crippen MR) is 93.6 cm³/mol. The number of hydrogen-bond donors (Lipinski definition) is 0. The van der Waals surface area contributed by atoms with Crippen molar-refractivity contribution in [2.75, 3.05) is 0 Å². The molecule has 0 heterocycles. The number of carbonyl (C=O) groups excluding carboxylic acids is 2. The van der Waals surface area contributed by atoms with Crippen LogP contribution in [0.25, 0.3) is 0 Å². The SMILES string of the molecule is CCCCCCCCCCCCCCCC(=O)SC(C)=O. The summed E-state index contributed by atoms with van der Waals surface area (Å²) in [7, 11) is 0. The molecule has 0 aromatic rings. The van der Waals surface area contributed by atoms with Crippen molar-refractivity contribution in [3.63, 3.8) is 0 Å². The summed E-state index contributed by atoms with van der Waals surface area (Å²) < 4.78 is 0. The summed E-state index contributed by atoms with van der Waals surface area (Å²) in [6.07, 6.45) is 17.6. The van der Waals surface area contributed by atoms with Crippen molar-refractivity contribution < 1.29 is 9.59 Å². The molecule has 0 fully saturated rings. The van der Waals surface area contributed by atoms with Gasteiger partial charge in [0.05, 0.1) is 0 Å². The zero-order valence-electron chi connectivity index (χ0n) is 14.1. The molecule has 0 aliphatic carbocycles. The first-order valence-electron chi connectivity index (χ1n) is 8.88. The minimum absolute atomic E-state index is 0.0329. The minimum Gasteiger partial charge on any atom is -0.287 e. The highest BCUT2D eigenvalue weighted by molar-refractivity contribution is 8.26. The van der Waals surface area contributed by atoms with Crippen LogP contribution in [-0.2, 0) is 9.59 Å². The van der Waals surface area contributed by atoms with Gasteiger partial charge in [-0.3, -0.25) is 9.59 Å². The highest BCUT2D eigenvalue weighted by Crippen LogP contribution is 2.14. The largest absolute Gasteiger partial charge is 0.287 e. The third-order valence-electron chi connectivity index (χ3n) is 3.74. The van der Waals surface area contributed by atoms with E-state index < -0.39 is 0 Å². The van der Waals surface area contributed by atoms with E-state index in [1.54, 1.807) is 0 Å². The lowest BCUT2D eigenvalue weighted by atomic mass is 10.0. The Labute approximate surface area is 135 Å². The number of hydrogen-bond acceptors (Lipinski definition) is 3. The molecule has 0 amide bonds. The summed E-state index contributed by atoms with van der Waals surface area (Å²) in [5.74, 6) is 0. The third kappa shape index (κ3) is 17.6. The summed E-state index contributed by atoms with van der Waals surface area (Å²) in [6.45, 7) is 3.71. The van der Waals surface area contributed by atoms with Gasteiger partial charge >= 0.3 is 0 Å². The Morgan fingerprint density at radius 2 is 1.05 bits per heavy atom. The molecule has 21 heavy (non-hydrogen) atoms. The summed E-state index contributed by atoms with van der Waals surface area (Å²) in [6, 6.07) is 0. The molecule has 2 nitrogen and oxygen atoms in total. The van der Waals surface area contributed by atoms with E-state index in [1.165, 1.54) is 77.6 Å². The molecule has 0 unspecified atom stereocenters. The Balaban J connectivity index is 3.09. The normalized spacial score (nSPS) is 10.8. The number of unbranched alkanes of at least 4 members (excludes halogenated alkanes) is 12. The molecule has 0 aromatic carbocycles. The second-order valence-corrected chi connectivity index (χ2v) is 7.19. The van der Waals surface area contributed by atoms with Crippen molar-refractivity contribution >= 4 is 22.0 Å². The van der Waals surface area contributed by atoms with E-state index in [-0.39, 0.29) is 10.2 Å². The van der Waals surface area contributed by atoms with E-state index in [4.69, 9.17) is 0 Å². The van der Waals surface area contributed by atoms with Crippen molar-refractivity contribution in [3.8, 4) is 0 Å². The zero-order chi connectivity index (χ0) is 15.8. The molecule has 0 aliphatic heterocycles. The van der Waals surface area contributed by atoms with Gasteiger partial charge in [0.15, 0.2) is 10.2 Å². The molecule has 0 atom stereocenters. The molecule has 0 aliphatic rings. The predicted octanol–water partition coefficient (Wildman–Crippen LogP) is 6.27. The fourth-order valence-corrected chi connectivity index (χ4v) is 3.07. The van der Waals surface area contributed by atoms with Crippen LogP contribution in [0.4, 0.5) is 0 Å². The summed E-state index contributed by atoms with van der Waals surface area (Å²) >= 11 is 0.861. The van der Waals surface area contributed by atoms with Gasteiger partial charge in [-0.05, 0) is 18.2 Å². The van der Waals surface area contributed by atoms with Crippen LogP contribution in [0, 0.1) is 0 Å². The lowest BCUT2D eigenvalue weighted by molar-refractivity contribution is -0.112. The molecule has 124 valence electrons. The number of thioether (sulfide) groups is 1. The quantitative estimate of drug-likeness (QED) is 0.354. The van der Waals surface area contributed by atoms with Crippen molar-refractivity contribution in [2.45, 2.75) is 104 Å². The number of rotatable bonds is 14. The average Bonchev–Trinajstić information content (AvgIpc) is 2.43. The van der Waals surface area contributed by atoms with E-state index in [2.05, 4.69) is 6.92 Å². The smallest absolute Gasteiger partial charge is 0.196 e. The fourth-order valence-electron chi connectivity index (χ4n) is 2.50. The zero-order valence-corrected chi connectivity index (χ0v) is 14.9. The van der Waals surface area contributed by atoms with Crippen LogP contribution in [0.15, 0.2) is 0 Å². The van der Waals surface area contributed by atoms with E-state index in [0.29, 0.717) is 6.42 Å². The van der Waals surface area contributed by atoms with Gasteiger partial charge in [-0.1, -0.05) is 84.0 Å². The maximum atomic E-state index is 11.3. The standard InChI is InChI=1S/C18H34O2S/c1-3-4-5-6-7-8-9-10-11-12-13-14-15-16-18(20)21-17(2)19/h3-16H2,1-2H3. The van der Waals surface area contributed by atoms with E-state index in [9.17, 15) is 9.59 Å². The second-order valence-electron chi connectivity index (χ2n) is 5.96. The van der Waals surface area contributed by atoms with Gasteiger partial charge in [0, 0.05) is 13.3 Å². The highest BCUT2D eigenvalue weighted by atomic mass is 32.2. The monoisotopic (exact) mass is 314 g/mol. The molecular weight excluding hydrogens is 280 g/mol. The molecular formula is C18H34O2S. The molecule has 0 spiro atoms.